The van der Waals surface area contributed by atoms with Crippen molar-refractivity contribution < 1.29 is 74.5 Å². The van der Waals surface area contributed by atoms with E-state index >= 15 is 0 Å². The highest BCUT2D eigenvalue weighted by atomic mass is 16.7. The van der Waals surface area contributed by atoms with E-state index in [-0.39, 0.29) is 6.54 Å². The number of ether oxygens (including phenoxy) is 4. The largest absolute Gasteiger partial charge is 0.394 e. The van der Waals surface area contributed by atoms with E-state index in [0.29, 0.717) is 6.42 Å². The lowest BCUT2D eigenvalue weighted by atomic mass is 9.96. The molecule has 234 valence electrons. The molecule has 2 saturated heterocycles. The minimum Gasteiger partial charge on any atom is -0.394 e. The van der Waals surface area contributed by atoms with Gasteiger partial charge in [0.1, 0.15) is 67.1 Å². The van der Waals surface area contributed by atoms with E-state index < -0.39 is 111 Å². The van der Waals surface area contributed by atoms with Gasteiger partial charge < -0.3 is 75.5 Å². The van der Waals surface area contributed by atoms with Gasteiger partial charge in [-0.1, -0.05) is 6.92 Å². The molecule has 0 aromatic rings. The first kappa shape index (κ1) is 34.6. The van der Waals surface area contributed by atoms with Gasteiger partial charge in [-0.2, -0.15) is 0 Å². The molecule has 2 rings (SSSR count). The Labute approximate surface area is 230 Å². The Morgan fingerprint density at radius 3 is 1.93 bits per heavy atom. The van der Waals surface area contributed by atoms with Gasteiger partial charge in [0.05, 0.1) is 19.3 Å². The van der Waals surface area contributed by atoms with Crippen LogP contribution in [0.25, 0.3) is 0 Å². The van der Waals surface area contributed by atoms with Crippen LogP contribution < -0.4 is 10.6 Å². The highest BCUT2D eigenvalue weighted by molar-refractivity contribution is 5.87. The standard InChI is InChI=1S/C23H42N2O15/c1-4-5-24-21(36)12(25-9(3)28)20(40-22-17(34)15(32)13(30)8(2)37-22)19(10(29)6-26)39-23-18(35)16(33)14(31)11(7-27)38-23/h8,10-20,22-23,26-27,29-35H,4-7H2,1-3H3,(H,24,36)(H,25,28)/t8-,10-,11-,12-,13+,14+,15-,16+,17+,18-,19-,20-,22+,23+/m1/s1. The van der Waals surface area contributed by atoms with Crippen LogP contribution in [0.15, 0.2) is 0 Å². The topological polar surface area (TPSA) is 277 Å². The molecule has 11 N–H and O–H groups in total. The Bertz CT molecular complexity index is 806. The molecule has 2 aliphatic rings. The third kappa shape index (κ3) is 8.25. The maximum atomic E-state index is 13.2. The Morgan fingerprint density at radius 2 is 1.40 bits per heavy atom. The van der Waals surface area contributed by atoms with Gasteiger partial charge in [-0.3, -0.25) is 9.59 Å². The van der Waals surface area contributed by atoms with Gasteiger partial charge in [-0.25, -0.2) is 0 Å². The average molecular weight is 587 g/mol. The van der Waals surface area contributed by atoms with Gasteiger partial charge in [0, 0.05) is 13.5 Å². The van der Waals surface area contributed by atoms with Crippen molar-refractivity contribution in [3.8, 4) is 0 Å². The molecule has 0 unspecified atom stereocenters. The fourth-order valence-corrected chi connectivity index (χ4v) is 4.33. The van der Waals surface area contributed by atoms with E-state index in [1.165, 1.54) is 6.92 Å². The Morgan fingerprint density at radius 1 is 0.850 bits per heavy atom. The fourth-order valence-electron chi connectivity index (χ4n) is 4.33. The second-order valence-electron chi connectivity index (χ2n) is 9.80. The van der Waals surface area contributed by atoms with Crippen LogP contribution in [-0.2, 0) is 28.5 Å². The molecule has 17 heteroatoms. The molecular formula is C23H42N2O15. The Hall–Kier alpha value is -1.58. The van der Waals surface area contributed by atoms with Crippen molar-refractivity contribution in [1.29, 1.82) is 0 Å². The maximum Gasteiger partial charge on any atom is 0.245 e. The van der Waals surface area contributed by atoms with Gasteiger partial charge in [0.15, 0.2) is 12.6 Å². The van der Waals surface area contributed by atoms with E-state index in [1.54, 1.807) is 6.92 Å². The molecule has 0 aromatic heterocycles. The summed E-state index contributed by atoms with van der Waals surface area (Å²) in [5.41, 5.74) is 0. The van der Waals surface area contributed by atoms with Crippen LogP contribution in [0, 0.1) is 0 Å². The van der Waals surface area contributed by atoms with Crippen LogP contribution in [0.5, 0.6) is 0 Å². The van der Waals surface area contributed by atoms with Crippen LogP contribution in [0.3, 0.4) is 0 Å². The van der Waals surface area contributed by atoms with Crippen molar-refractivity contribution in [3.63, 3.8) is 0 Å². The number of carbonyl (C=O) groups excluding carboxylic acids is 2. The minimum atomic E-state index is -1.96. The van der Waals surface area contributed by atoms with Crippen LogP contribution in [0.2, 0.25) is 0 Å². The first-order valence-electron chi connectivity index (χ1n) is 12.9. The average Bonchev–Trinajstić information content (AvgIpc) is 2.93. The first-order chi connectivity index (χ1) is 18.8. The van der Waals surface area contributed by atoms with Gasteiger partial charge >= 0.3 is 0 Å². The molecule has 0 radical (unpaired) electrons. The summed E-state index contributed by atoms with van der Waals surface area (Å²) in [4.78, 5) is 25.3. The zero-order valence-corrected chi connectivity index (χ0v) is 22.4. The maximum absolute atomic E-state index is 13.2. The Balaban J connectivity index is 2.54. The summed E-state index contributed by atoms with van der Waals surface area (Å²) < 4.78 is 22.3. The molecule has 40 heavy (non-hydrogen) atoms. The van der Waals surface area contributed by atoms with Crippen LogP contribution in [0.1, 0.15) is 27.2 Å². The fraction of sp³-hybridized carbons (Fsp3) is 0.913. The van der Waals surface area contributed by atoms with Crippen LogP contribution >= 0.6 is 0 Å². The summed E-state index contributed by atoms with van der Waals surface area (Å²) in [6.45, 7) is 2.48. The van der Waals surface area contributed by atoms with Crippen molar-refractivity contribution in [2.24, 2.45) is 0 Å². The summed E-state index contributed by atoms with van der Waals surface area (Å²) in [5.74, 6) is -1.60. The second-order valence-corrected chi connectivity index (χ2v) is 9.80. The molecule has 2 heterocycles. The summed E-state index contributed by atoms with van der Waals surface area (Å²) in [6, 6.07) is -1.71. The molecule has 0 aromatic carbocycles. The quantitative estimate of drug-likeness (QED) is 0.0957. The van der Waals surface area contributed by atoms with E-state index in [4.69, 9.17) is 18.9 Å². The van der Waals surface area contributed by atoms with Crippen molar-refractivity contribution in [1.82, 2.24) is 10.6 Å². The number of rotatable bonds is 13. The van der Waals surface area contributed by atoms with Gasteiger partial charge in [-0.05, 0) is 13.3 Å². The zero-order chi connectivity index (χ0) is 30.3. The molecule has 0 spiro atoms. The summed E-state index contributed by atoms with van der Waals surface area (Å²) in [5, 5.41) is 96.5. The molecule has 2 fully saturated rings. The molecule has 2 amide bonds. The van der Waals surface area contributed by atoms with E-state index in [2.05, 4.69) is 10.6 Å². The van der Waals surface area contributed by atoms with E-state index in [0.717, 1.165) is 6.92 Å². The third-order valence-corrected chi connectivity index (χ3v) is 6.65. The number of aliphatic hydroxyl groups excluding tert-OH is 9. The predicted octanol–water partition coefficient (Wildman–Crippen LogP) is -6.23. The number of carbonyl (C=O) groups is 2. The summed E-state index contributed by atoms with van der Waals surface area (Å²) in [6.07, 6.45) is -22.2. The predicted molar refractivity (Wildman–Crippen MR) is 130 cm³/mol. The molecule has 0 bridgehead atoms. The molecule has 2 aliphatic heterocycles. The van der Waals surface area contributed by atoms with Gasteiger partial charge in [0.25, 0.3) is 0 Å². The summed E-state index contributed by atoms with van der Waals surface area (Å²) in [7, 11) is 0. The van der Waals surface area contributed by atoms with Crippen LogP contribution in [0.4, 0.5) is 0 Å². The molecule has 0 saturated carbocycles. The monoisotopic (exact) mass is 586 g/mol. The number of amides is 2. The molecule has 17 nitrogen and oxygen atoms in total. The van der Waals surface area contributed by atoms with Gasteiger partial charge in [-0.15, -0.1) is 0 Å². The van der Waals surface area contributed by atoms with Crippen molar-refractivity contribution in [2.45, 2.75) is 113 Å². The van der Waals surface area contributed by atoms with Gasteiger partial charge in [0.2, 0.25) is 11.8 Å². The van der Waals surface area contributed by atoms with Crippen molar-refractivity contribution in [2.75, 3.05) is 19.8 Å². The van der Waals surface area contributed by atoms with E-state index in [1.807, 2.05) is 0 Å². The highest BCUT2D eigenvalue weighted by Crippen LogP contribution is 2.29. The molecule has 14 atom stereocenters. The number of aliphatic hydroxyl groups is 9. The smallest absolute Gasteiger partial charge is 0.245 e. The van der Waals surface area contributed by atoms with Crippen molar-refractivity contribution >= 4 is 11.8 Å². The number of hydrogen-bond acceptors (Lipinski definition) is 15. The molecule has 0 aliphatic carbocycles. The van der Waals surface area contributed by atoms with E-state index in [9.17, 15) is 55.5 Å². The first-order valence-corrected chi connectivity index (χ1v) is 12.9. The molecular weight excluding hydrogens is 544 g/mol. The zero-order valence-electron chi connectivity index (χ0n) is 22.4. The minimum absolute atomic E-state index is 0.146. The van der Waals surface area contributed by atoms with Crippen LogP contribution in [-0.4, -0.2) is 163 Å². The lowest BCUT2D eigenvalue weighted by Crippen LogP contribution is -2.66. The normalized spacial score (nSPS) is 37.7. The SMILES string of the molecule is CCCNC(=O)[C@H](NC(C)=O)[C@@H](O[C@@H]1O[C@H](C)[C@H](O)[C@@H](O)[C@@H]1O)[C@H](O[C@@H]1O[C@H](CO)[C@H](O)[C@H](O)[C@H]1O)[C@H](O)CO. The highest BCUT2D eigenvalue weighted by Gasteiger charge is 2.51. The number of nitrogens with one attached hydrogen (secondary N) is 2. The lowest BCUT2D eigenvalue weighted by Gasteiger charge is -2.45. The van der Waals surface area contributed by atoms with Crippen molar-refractivity contribution in [3.05, 3.63) is 0 Å². The third-order valence-electron chi connectivity index (χ3n) is 6.65. The number of hydrogen-bond donors (Lipinski definition) is 11. The lowest BCUT2D eigenvalue weighted by molar-refractivity contribution is -0.346. The summed E-state index contributed by atoms with van der Waals surface area (Å²) >= 11 is 0. The second kappa shape index (κ2) is 15.6. The Kier molecular flexibility index (Phi) is 13.5.